The van der Waals surface area contributed by atoms with E-state index in [4.69, 9.17) is 0 Å². The second-order valence-corrected chi connectivity index (χ2v) is 8.91. The maximum absolute atomic E-state index is 12.6. The quantitative estimate of drug-likeness (QED) is 0.829. The molecule has 1 aromatic rings. The zero-order valence-electron chi connectivity index (χ0n) is 15.1. The molecule has 2 fully saturated rings. The first-order chi connectivity index (χ1) is 12.3. The van der Waals surface area contributed by atoms with Gasteiger partial charge in [-0.2, -0.15) is 0 Å². The van der Waals surface area contributed by atoms with E-state index in [1.54, 1.807) is 30.9 Å². The third-order valence-corrected chi connectivity index (χ3v) is 6.28. The van der Waals surface area contributed by atoms with Crippen LogP contribution in [0.4, 0.5) is 0 Å². The van der Waals surface area contributed by atoms with Crippen LogP contribution in [0.1, 0.15) is 37.0 Å². The normalized spacial score (nSPS) is 18.3. The maximum atomic E-state index is 12.6. The van der Waals surface area contributed by atoms with Gasteiger partial charge in [-0.1, -0.05) is 0 Å². The number of nitrogens with zero attached hydrogens (tertiary/aromatic N) is 2. The molecule has 0 radical (unpaired) electrons. The number of carbonyl (C=O) groups is 2. The van der Waals surface area contributed by atoms with E-state index in [1.807, 2.05) is 4.90 Å². The Bertz CT molecular complexity index is 777. The van der Waals surface area contributed by atoms with E-state index in [0.29, 0.717) is 31.7 Å². The molecule has 1 saturated heterocycles. The molecule has 1 saturated carbocycles. The molecular formula is C18H25N3O4S. The third-order valence-electron chi connectivity index (χ3n) is 4.61. The Morgan fingerprint density at radius 2 is 1.54 bits per heavy atom. The minimum Gasteiger partial charge on any atom is -0.339 e. The molecule has 0 atom stereocenters. The molecule has 0 bridgehead atoms. The minimum atomic E-state index is -3.57. The lowest BCUT2D eigenvalue weighted by Crippen LogP contribution is -2.51. The smallest absolute Gasteiger partial charge is 0.253 e. The first-order valence-corrected chi connectivity index (χ1v) is 10.5. The molecule has 1 aliphatic heterocycles. The molecule has 3 rings (SSSR count). The van der Waals surface area contributed by atoms with Crippen LogP contribution in [0.3, 0.4) is 0 Å². The minimum absolute atomic E-state index is 0.135. The van der Waals surface area contributed by atoms with Crippen molar-refractivity contribution in [2.45, 2.75) is 37.6 Å². The van der Waals surface area contributed by atoms with Crippen molar-refractivity contribution >= 4 is 21.8 Å². The number of hydrogen-bond acceptors (Lipinski definition) is 4. The number of sulfonamides is 1. The van der Waals surface area contributed by atoms with Gasteiger partial charge in [-0.3, -0.25) is 9.59 Å². The molecule has 26 heavy (non-hydrogen) atoms. The van der Waals surface area contributed by atoms with Crippen LogP contribution in [-0.2, 0) is 14.8 Å². The summed E-state index contributed by atoms with van der Waals surface area (Å²) < 4.78 is 26.8. The fraction of sp³-hybridized carbons (Fsp3) is 0.556. The number of hydrogen-bond donors (Lipinski definition) is 1. The van der Waals surface area contributed by atoms with Gasteiger partial charge in [-0.05, 0) is 51.0 Å². The standard InChI is InChI=1S/C18H25N3O4S/c1-13(2)19-26(24,25)16-7-5-15(6-8-16)18(23)21-11-9-20(10-12-21)17(22)14-3-4-14/h5-8,13-14,19H,3-4,9-12H2,1-2H3. The summed E-state index contributed by atoms with van der Waals surface area (Å²) in [6.45, 7) is 5.64. The molecule has 0 unspecified atom stereocenters. The molecule has 0 spiro atoms. The SMILES string of the molecule is CC(C)NS(=O)(=O)c1ccc(C(=O)N2CCN(C(=O)C3CC3)CC2)cc1. The molecule has 1 aromatic carbocycles. The van der Waals surface area contributed by atoms with Crippen molar-refractivity contribution in [3.8, 4) is 0 Å². The number of benzene rings is 1. The van der Waals surface area contributed by atoms with Gasteiger partial charge in [0.2, 0.25) is 15.9 Å². The van der Waals surface area contributed by atoms with Gasteiger partial charge in [0.05, 0.1) is 4.90 Å². The Kier molecular flexibility index (Phi) is 5.34. The van der Waals surface area contributed by atoms with Crippen molar-refractivity contribution in [1.82, 2.24) is 14.5 Å². The largest absolute Gasteiger partial charge is 0.339 e. The summed E-state index contributed by atoms with van der Waals surface area (Å²) >= 11 is 0. The van der Waals surface area contributed by atoms with Crippen molar-refractivity contribution in [3.63, 3.8) is 0 Å². The second-order valence-electron chi connectivity index (χ2n) is 7.19. The lowest BCUT2D eigenvalue weighted by molar-refractivity contribution is -0.134. The predicted molar refractivity (Wildman–Crippen MR) is 97.1 cm³/mol. The van der Waals surface area contributed by atoms with E-state index >= 15 is 0 Å². The Balaban J connectivity index is 1.61. The number of amides is 2. The summed E-state index contributed by atoms with van der Waals surface area (Å²) in [6.07, 6.45) is 1.97. The van der Waals surface area contributed by atoms with E-state index < -0.39 is 10.0 Å². The predicted octanol–water partition coefficient (Wildman–Crippen LogP) is 1.07. The maximum Gasteiger partial charge on any atom is 0.253 e. The van der Waals surface area contributed by atoms with Gasteiger partial charge in [-0.25, -0.2) is 13.1 Å². The first kappa shape index (κ1) is 18.8. The Labute approximate surface area is 154 Å². The van der Waals surface area contributed by atoms with E-state index in [2.05, 4.69) is 4.72 Å². The van der Waals surface area contributed by atoms with Gasteiger partial charge in [0.1, 0.15) is 0 Å². The number of nitrogens with one attached hydrogen (secondary N) is 1. The molecule has 8 heteroatoms. The second kappa shape index (κ2) is 7.36. The topological polar surface area (TPSA) is 86.8 Å². The molecular weight excluding hydrogens is 354 g/mol. The lowest BCUT2D eigenvalue weighted by Gasteiger charge is -2.35. The van der Waals surface area contributed by atoms with Crippen molar-refractivity contribution < 1.29 is 18.0 Å². The number of rotatable bonds is 5. The summed E-state index contributed by atoms with van der Waals surface area (Å²) in [5.41, 5.74) is 0.454. The van der Waals surface area contributed by atoms with Gasteiger partial charge >= 0.3 is 0 Å². The van der Waals surface area contributed by atoms with Crippen LogP contribution in [0.2, 0.25) is 0 Å². The van der Waals surface area contributed by atoms with Crippen LogP contribution in [-0.4, -0.2) is 62.3 Å². The van der Waals surface area contributed by atoms with Crippen LogP contribution < -0.4 is 4.72 Å². The van der Waals surface area contributed by atoms with E-state index in [0.717, 1.165) is 12.8 Å². The van der Waals surface area contributed by atoms with Gasteiger partial charge in [0.15, 0.2) is 0 Å². The molecule has 2 amide bonds. The molecule has 0 aromatic heterocycles. The fourth-order valence-electron chi connectivity index (χ4n) is 3.06. The summed E-state index contributed by atoms with van der Waals surface area (Å²) in [7, 11) is -3.57. The van der Waals surface area contributed by atoms with Crippen LogP contribution in [0.25, 0.3) is 0 Å². The molecule has 1 heterocycles. The summed E-state index contributed by atoms with van der Waals surface area (Å²) in [6, 6.07) is 5.78. The molecule has 1 N–H and O–H groups in total. The first-order valence-electron chi connectivity index (χ1n) is 8.98. The van der Waals surface area contributed by atoms with E-state index in [9.17, 15) is 18.0 Å². The molecule has 1 aliphatic carbocycles. The van der Waals surface area contributed by atoms with E-state index in [1.165, 1.54) is 12.1 Å². The molecule has 142 valence electrons. The fourth-order valence-corrected chi connectivity index (χ4v) is 4.31. The van der Waals surface area contributed by atoms with Crippen LogP contribution >= 0.6 is 0 Å². The van der Waals surface area contributed by atoms with Crippen LogP contribution in [0.5, 0.6) is 0 Å². The Hall–Kier alpha value is -1.93. The van der Waals surface area contributed by atoms with Gasteiger partial charge in [0, 0.05) is 43.7 Å². The zero-order chi connectivity index (χ0) is 18.9. The highest BCUT2D eigenvalue weighted by Crippen LogP contribution is 2.31. The van der Waals surface area contributed by atoms with Gasteiger partial charge in [-0.15, -0.1) is 0 Å². The summed E-state index contributed by atoms with van der Waals surface area (Å²) in [5, 5.41) is 0. The highest BCUT2D eigenvalue weighted by Gasteiger charge is 2.35. The monoisotopic (exact) mass is 379 g/mol. The van der Waals surface area contributed by atoms with Gasteiger partial charge in [0.25, 0.3) is 5.91 Å². The van der Waals surface area contributed by atoms with Crippen molar-refractivity contribution in [2.24, 2.45) is 5.92 Å². The van der Waals surface area contributed by atoms with Crippen LogP contribution in [0, 0.1) is 5.92 Å². The lowest BCUT2D eigenvalue weighted by atomic mass is 10.1. The zero-order valence-corrected chi connectivity index (χ0v) is 16.0. The summed E-state index contributed by atoms with van der Waals surface area (Å²) in [5.74, 6) is 0.278. The van der Waals surface area contributed by atoms with Crippen molar-refractivity contribution in [1.29, 1.82) is 0 Å². The highest BCUT2D eigenvalue weighted by atomic mass is 32.2. The summed E-state index contributed by atoms with van der Waals surface area (Å²) in [4.78, 5) is 28.4. The Morgan fingerprint density at radius 3 is 2.04 bits per heavy atom. The van der Waals surface area contributed by atoms with E-state index in [-0.39, 0.29) is 28.7 Å². The molecule has 2 aliphatic rings. The molecule has 7 nitrogen and oxygen atoms in total. The van der Waals surface area contributed by atoms with Crippen LogP contribution in [0.15, 0.2) is 29.2 Å². The average molecular weight is 379 g/mol. The third kappa shape index (κ3) is 4.24. The highest BCUT2D eigenvalue weighted by molar-refractivity contribution is 7.89. The van der Waals surface area contributed by atoms with Crippen molar-refractivity contribution in [3.05, 3.63) is 29.8 Å². The Morgan fingerprint density at radius 1 is 1.00 bits per heavy atom. The average Bonchev–Trinajstić information content (AvgIpc) is 3.45. The number of carbonyl (C=O) groups excluding carboxylic acids is 2. The van der Waals surface area contributed by atoms with Crippen molar-refractivity contribution in [2.75, 3.05) is 26.2 Å². The van der Waals surface area contributed by atoms with Gasteiger partial charge < -0.3 is 9.80 Å². The number of piperazine rings is 1.